The van der Waals surface area contributed by atoms with E-state index in [2.05, 4.69) is 13.8 Å². The minimum Gasteiger partial charge on any atom is -0.466 e. The Bertz CT molecular complexity index is 260. The maximum absolute atomic E-state index is 11.4. The summed E-state index contributed by atoms with van der Waals surface area (Å²) in [5, 5.41) is 0. The highest BCUT2D eigenvalue weighted by atomic mass is 16.6. The highest BCUT2D eigenvalue weighted by molar-refractivity contribution is 5.69. The molecule has 1 saturated heterocycles. The van der Waals surface area contributed by atoms with Gasteiger partial charge < -0.3 is 9.47 Å². The summed E-state index contributed by atoms with van der Waals surface area (Å²) in [6.07, 6.45) is 3.48. The molecular formula is C12H20O3. The number of fused-ring (bicyclic) bond motifs is 1. The molecule has 0 aromatic heterocycles. The van der Waals surface area contributed by atoms with Crippen molar-refractivity contribution < 1.29 is 14.3 Å². The number of hydrogen-bond acceptors (Lipinski definition) is 3. The molecule has 0 unspecified atom stereocenters. The first kappa shape index (κ1) is 10.9. The van der Waals surface area contributed by atoms with E-state index in [0.29, 0.717) is 36.6 Å². The Balaban J connectivity index is 1.89. The molecule has 15 heavy (non-hydrogen) atoms. The molecule has 3 nitrogen and oxygen atoms in total. The summed E-state index contributed by atoms with van der Waals surface area (Å²) >= 11 is 0. The Labute approximate surface area is 91.1 Å². The lowest BCUT2D eigenvalue weighted by Gasteiger charge is -2.31. The van der Waals surface area contributed by atoms with E-state index in [1.807, 2.05) is 6.92 Å². The van der Waals surface area contributed by atoms with Crippen LogP contribution in [0.25, 0.3) is 0 Å². The van der Waals surface area contributed by atoms with E-state index in [9.17, 15) is 4.79 Å². The van der Waals surface area contributed by atoms with Crippen LogP contribution < -0.4 is 0 Å². The van der Waals surface area contributed by atoms with Crippen LogP contribution in [-0.2, 0) is 14.3 Å². The zero-order valence-electron chi connectivity index (χ0n) is 9.79. The normalized spacial score (nSPS) is 36.9. The first-order valence-electron chi connectivity index (χ1n) is 5.83. The van der Waals surface area contributed by atoms with Crippen LogP contribution in [0.5, 0.6) is 0 Å². The van der Waals surface area contributed by atoms with Gasteiger partial charge in [0.25, 0.3) is 0 Å². The molecule has 0 N–H and O–H groups in total. The molecule has 1 aliphatic carbocycles. The smallest absolute Gasteiger partial charge is 0.306 e. The molecule has 3 atom stereocenters. The molecule has 3 heteroatoms. The van der Waals surface area contributed by atoms with Gasteiger partial charge >= 0.3 is 5.97 Å². The van der Waals surface area contributed by atoms with Gasteiger partial charge in [0.2, 0.25) is 0 Å². The minimum atomic E-state index is -0.0746. The third-order valence-electron chi connectivity index (χ3n) is 3.39. The number of epoxide rings is 1. The summed E-state index contributed by atoms with van der Waals surface area (Å²) < 4.78 is 10.6. The van der Waals surface area contributed by atoms with E-state index in [1.165, 1.54) is 0 Å². The Hall–Kier alpha value is -0.570. The van der Waals surface area contributed by atoms with Gasteiger partial charge in [0.05, 0.1) is 25.2 Å². The molecule has 2 rings (SSSR count). The number of esters is 1. The number of carbonyl (C=O) groups is 1. The van der Waals surface area contributed by atoms with Crippen LogP contribution in [0.15, 0.2) is 0 Å². The largest absolute Gasteiger partial charge is 0.466 e. The summed E-state index contributed by atoms with van der Waals surface area (Å²) in [6.45, 7) is 6.83. The molecule has 0 radical (unpaired) electrons. The molecule has 2 fully saturated rings. The molecule has 2 aliphatic rings. The van der Waals surface area contributed by atoms with Crippen molar-refractivity contribution >= 4 is 5.97 Å². The predicted molar refractivity (Wildman–Crippen MR) is 56.4 cm³/mol. The molecule has 0 spiro atoms. The van der Waals surface area contributed by atoms with Crippen molar-refractivity contribution in [3.8, 4) is 0 Å². The van der Waals surface area contributed by atoms with E-state index in [1.54, 1.807) is 0 Å². The SMILES string of the molecule is CCOC(=O)C[C@@H]1CC(C)(C)C[C@@H]2O[C@H]12. The lowest BCUT2D eigenvalue weighted by Crippen LogP contribution is -2.30. The second-order valence-electron chi connectivity index (χ2n) is 5.48. The van der Waals surface area contributed by atoms with Crippen LogP contribution >= 0.6 is 0 Å². The molecular weight excluding hydrogens is 192 g/mol. The van der Waals surface area contributed by atoms with Crippen molar-refractivity contribution in [2.75, 3.05) is 6.61 Å². The van der Waals surface area contributed by atoms with Crippen molar-refractivity contribution in [2.24, 2.45) is 11.3 Å². The summed E-state index contributed by atoms with van der Waals surface area (Å²) in [4.78, 5) is 11.4. The van der Waals surface area contributed by atoms with Crippen molar-refractivity contribution in [1.82, 2.24) is 0 Å². The average molecular weight is 212 g/mol. The van der Waals surface area contributed by atoms with Crippen molar-refractivity contribution in [3.05, 3.63) is 0 Å². The maximum Gasteiger partial charge on any atom is 0.306 e. The summed E-state index contributed by atoms with van der Waals surface area (Å²) in [7, 11) is 0. The molecule has 1 saturated carbocycles. The van der Waals surface area contributed by atoms with E-state index in [0.717, 1.165) is 12.8 Å². The van der Waals surface area contributed by atoms with Crippen LogP contribution in [0.3, 0.4) is 0 Å². The molecule has 0 amide bonds. The third-order valence-corrected chi connectivity index (χ3v) is 3.39. The van der Waals surface area contributed by atoms with Gasteiger partial charge in [-0.1, -0.05) is 13.8 Å². The van der Waals surface area contributed by atoms with Gasteiger partial charge in [0.15, 0.2) is 0 Å². The zero-order chi connectivity index (χ0) is 11.1. The van der Waals surface area contributed by atoms with Gasteiger partial charge in [-0.25, -0.2) is 0 Å². The first-order chi connectivity index (χ1) is 7.02. The van der Waals surface area contributed by atoms with Gasteiger partial charge in [-0.15, -0.1) is 0 Å². The van der Waals surface area contributed by atoms with Gasteiger partial charge in [-0.2, -0.15) is 0 Å². The molecule has 0 bridgehead atoms. The number of carbonyl (C=O) groups excluding carboxylic acids is 1. The highest BCUT2D eigenvalue weighted by Crippen LogP contribution is 2.50. The van der Waals surface area contributed by atoms with Crippen molar-refractivity contribution in [3.63, 3.8) is 0 Å². The molecule has 0 aromatic carbocycles. The summed E-state index contributed by atoms with van der Waals surface area (Å²) in [6, 6.07) is 0. The quantitative estimate of drug-likeness (QED) is 0.531. The fourth-order valence-electron chi connectivity index (χ4n) is 2.81. The Kier molecular flexibility index (Phi) is 2.75. The fraction of sp³-hybridized carbons (Fsp3) is 0.917. The summed E-state index contributed by atoms with van der Waals surface area (Å²) in [5.41, 5.74) is 0.314. The highest BCUT2D eigenvalue weighted by Gasteiger charge is 2.53. The number of rotatable bonds is 3. The van der Waals surface area contributed by atoms with Crippen LogP contribution in [0.1, 0.15) is 40.0 Å². The van der Waals surface area contributed by atoms with Gasteiger partial charge in [-0.05, 0) is 31.1 Å². The topological polar surface area (TPSA) is 38.8 Å². The first-order valence-corrected chi connectivity index (χ1v) is 5.83. The number of hydrogen-bond donors (Lipinski definition) is 0. The monoisotopic (exact) mass is 212 g/mol. The summed E-state index contributed by atoms with van der Waals surface area (Å²) in [5.74, 6) is 0.298. The van der Waals surface area contributed by atoms with Crippen LogP contribution in [0.2, 0.25) is 0 Å². The van der Waals surface area contributed by atoms with Gasteiger partial charge in [0, 0.05) is 0 Å². The fourth-order valence-corrected chi connectivity index (χ4v) is 2.81. The lowest BCUT2D eigenvalue weighted by atomic mass is 9.71. The van der Waals surface area contributed by atoms with E-state index in [-0.39, 0.29) is 5.97 Å². The van der Waals surface area contributed by atoms with E-state index < -0.39 is 0 Å². The Morgan fingerprint density at radius 1 is 1.47 bits per heavy atom. The lowest BCUT2D eigenvalue weighted by molar-refractivity contribution is -0.144. The predicted octanol–water partition coefficient (Wildman–Crippen LogP) is 2.14. The van der Waals surface area contributed by atoms with Gasteiger partial charge in [-0.3, -0.25) is 4.79 Å². The second kappa shape index (κ2) is 3.78. The van der Waals surface area contributed by atoms with E-state index in [4.69, 9.17) is 9.47 Å². The minimum absolute atomic E-state index is 0.0746. The molecule has 86 valence electrons. The zero-order valence-corrected chi connectivity index (χ0v) is 9.79. The second-order valence-corrected chi connectivity index (χ2v) is 5.48. The Morgan fingerprint density at radius 3 is 2.87 bits per heavy atom. The van der Waals surface area contributed by atoms with E-state index >= 15 is 0 Å². The molecule has 1 aliphatic heterocycles. The molecule has 1 heterocycles. The molecule has 0 aromatic rings. The average Bonchev–Trinajstić information content (AvgIpc) is 2.81. The Morgan fingerprint density at radius 2 is 2.20 bits per heavy atom. The standard InChI is InChI=1S/C12H20O3/c1-4-14-10(13)5-8-6-12(2,3)7-9-11(8)15-9/h8-9,11H,4-7H2,1-3H3/t8-,9+,11-/m1/s1. The van der Waals surface area contributed by atoms with Crippen LogP contribution in [0.4, 0.5) is 0 Å². The van der Waals surface area contributed by atoms with Gasteiger partial charge in [0.1, 0.15) is 0 Å². The third kappa shape index (κ3) is 2.51. The van der Waals surface area contributed by atoms with Crippen LogP contribution in [-0.4, -0.2) is 24.8 Å². The maximum atomic E-state index is 11.4. The van der Waals surface area contributed by atoms with Crippen LogP contribution in [0, 0.1) is 11.3 Å². The van der Waals surface area contributed by atoms with Crippen molar-refractivity contribution in [2.45, 2.75) is 52.2 Å². The number of ether oxygens (including phenoxy) is 2. The van der Waals surface area contributed by atoms with Crippen molar-refractivity contribution in [1.29, 1.82) is 0 Å².